The topological polar surface area (TPSA) is 29.8 Å². The molecule has 4 rings (SSSR count). The highest BCUT2D eigenvalue weighted by molar-refractivity contribution is 5.77. The number of hydrogen-bond donors (Lipinski definition) is 1. The third-order valence-electron chi connectivity index (χ3n) is 4.02. The molecule has 0 saturated heterocycles. The van der Waals surface area contributed by atoms with E-state index in [-0.39, 0.29) is 0 Å². The molecule has 2 aromatic carbocycles. The zero-order valence-corrected chi connectivity index (χ0v) is 11.1. The summed E-state index contributed by atoms with van der Waals surface area (Å²) in [7, 11) is 0. The Morgan fingerprint density at radius 2 is 1.45 bits per heavy atom. The predicted molar refractivity (Wildman–Crippen MR) is 78.1 cm³/mol. The third kappa shape index (κ3) is 1.77. The second-order valence-electron chi connectivity index (χ2n) is 5.17. The maximum atomic E-state index is 5.44. The molecule has 0 bridgehead atoms. The molecule has 0 unspecified atom stereocenters. The van der Waals surface area contributed by atoms with Gasteiger partial charge in [0.05, 0.1) is 6.26 Å². The average molecular weight is 262 g/mol. The van der Waals surface area contributed by atoms with Gasteiger partial charge in [-0.05, 0) is 23.3 Å². The van der Waals surface area contributed by atoms with Crippen molar-refractivity contribution in [2.24, 2.45) is 0 Å². The minimum Gasteiger partial charge on any atom is -0.463 e. The highest BCUT2D eigenvalue weighted by atomic mass is 16.3. The first kappa shape index (κ1) is 11.5. The largest absolute Gasteiger partial charge is 0.463 e. The van der Waals surface area contributed by atoms with E-state index >= 15 is 0 Å². The summed E-state index contributed by atoms with van der Waals surface area (Å²) in [5.74, 6) is 1.02. The highest BCUT2D eigenvalue weighted by Gasteiger charge is 2.30. The lowest BCUT2D eigenvalue weighted by Gasteiger charge is -2.11. The van der Waals surface area contributed by atoms with Crippen molar-refractivity contribution in [1.29, 1.82) is 0 Å². The van der Waals surface area contributed by atoms with Crippen LogP contribution >= 0.6 is 0 Å². The van der Waals surface area contributed by atoms with Crippen LogP contribution in [-0.4, -0.2) is 0 Å². The highest BCUT2D eigenvalue weighted by Crippen LogP contribution is 2.40. The molecule has 0 radical (unpaired) electrons. The molecule has 20 heavy (non-hydrogen) atoms. The minimum absolute atomic E-state index is 0.368. The molecule has 0 spiro atoms. The van der Waals surface area contributed by atoms with Crippen LogP contribution in [0.4, 0.5) is 0 Å². The Balaban J connectivity index is 1.72. The van der Waals surface area contributed by atoms with Crippen LogP contribution in [0.2, 0.25) is 0 Å². The molecule has 0 aliphatic heterocycles. The van der Waals surface area contributed by atoms with Crippen LogP contribution < -0.4 is 5.32 Å². The van der Waals surface area contributed by atoms with Gasteiger partial charge in [0.25, 0.3) is 0 Å². The molecule has 0 amide bonds. The molecular formula is C18H16NO+. The molecule has 2 N–H and O–H groups in total. The zero-order chi connectivity index (χ0) is 13.4. The summed E-state index contributed by atoms with van der Waals surface area (Å²) in [5.41, 5.74) is 5.54. The minimum atomic E-state index is 0.368. The number of benzene rings is 2. The van der Waals surface area contributed by atoms with Crippen molar-refractivity contribution in [3.05, 3.63) is 83.8 Å². The molecule has 1 aromatic heterocycles. The van der Waals surface area contributed by atoms with Crippen LogP contribution in [0.5, 0.6) is 0 Å². The Labute approximate surface area is 118 Å². The summed E-state index contributed by atoms with van der Waals surface area (Å²) in [6.45, 7) is 0.861. The van der Waals surface area contributed by atoms with Crippen LogP contribution in [0.1, 0.15) is 22.9 Å². The van der Waals surface area contributed by atoms with E-state index < -0.39 is 0 Å². The number of rotatable bonds is 3. The van der Waals surface area contributed by atoms with Crippen LogP contribution in [0.15, 0.2) is 71.3 Å². The van der Waals surface area contributed by atoms with Gasteiger partial charge in [0.1, 0.15) is 12.6 Å². The second kappa shape index (κ2) is 4.66. The Morgan fingerprint density at radius 1 is 0.800 bits per heavy atom. The monoisotopic (exact) mass is 262 g/mol. The molecule has 98 valence electrons. The van der Waals surface area contributed by atoms with Crippen molar-refractivity contribution in [2.75, 3.05) is 0 Å². The summed E-state index contributed by atoms with van der Waals surface area (Å²) < 4.78 is 5.44. The van der Waals surface area contributed by atoms with Gasteiger partial charge >= 0.3 is 0 Å². The quantitative estimate of drug-likeness (QED) is 0.772. The Bertz CT molecular complexity index is 685. The number of nitrogens with two attached hydrogens (primary N) is 1. The van der Waals surface area contributed by atoms with Crippen molar-refractivity contribution >= 4 is 0 Å². The van der Waals surface area contributed by atoms with Crippen LogP contribution in [0.3, 0.4) is 0 Å². The van der Waals surface area contributed by atoms with Crippen LogP contribution in [-0.2, 0) is 6.54 Å². The van der Waals surface area contributed by atoms with Gasteiger partial charge < -0.3 is 9.73 Å². The average Bonchev–Trinajstić information content (AvgIpc) is 3.11. The molecule has 0 fully saturated rings. The third-order valence-corrected chi connectivity index (χ3v) is 4.02. The first-order chi connectivity index (χ1) is 9.93. The van der Waals surface area contributed by atoms with Crippen molar-refractivity contribution in [3.63, 3.8) is 0 Å². The van der Waals surface area contributed by atoms with Gasteiger partial charge in [-0.15, -0.1) is 0 Å². The Hall–Kier alpha value is -2.32. The van der Waals surface area contributed by atoms with E-state index in [4.69, 9.17) is 4.42 Å². The van der Waals surface area contributed by atoms with E-state index in [1.54, 1.807) is 6.26 Å². The molecule has 0 saturated carbocycles. The number of hydrogen-bond acceptors (Lipinski definition) is 1. The first-order valence-electron chi connectivity index (χ1n) is 6.97. The molecule has 2 nitrogen and oxygen atoms in total. The number of furan rings is 1. The number of quaternary nitrogens is 1. The molecular weight excluding hydrogens is 246 g/mol. The summed E-state index contributed by atoms with van der Waals surface area (Å²) in [4.78, 5) is 0. The van der Waals surface area contributed by atoms with Gasteiger partial charge in [-0.1, -0.05) is 48.5 Å². The van der Waals surface area contributed by atoms with E-state index in [0.29, 0.717) is 6.04 Å². The van der Waals surface area contributed by atoms with Crippen molar-refractivity contribution in [2.45, 2.75) is 12.6 Å². The predicted octanol–water partition coefficient (Wildman–Crippen LogP) is 3.11. The normalized spacial score (nSPS) is 13.2. The summed E-state index contributed by atoms with van der Waals surface area (Å²) >= 11 is 0. The molecule has 1 heterocycles. The summed E-state index contributed by atoms with van der Waals surface area (Å²) in [6.07, 6.45) is 1.74. The molecule has 2 heteroatoms. The van der Waals surface area contributed by atoms with E-state index in [9.17, 15) is 0 Å². The number of fused-ring (bicyclic) bond motifs is 3. The van der Waals surface area contributed by atoms with E-state index in [2.05, 4.69) is 53.8 Å². The Kier molecular flexibility index (Phi) is 2.68. The first-order valence-corrected chi connectivity index (χ1v) is 6.97. The van der Waals surface area contributed by atoms with E-state index in [1.165, 1.54) is 22.3 Å². The molecule has 1 aliphatic carbocycles. The van der Waals surface area contributed by atoms with Crippen molar-refractivity contribution in [1.82, 2.24) is 0 Å². The summed E-state index contributed by atoms with van der Waals surface area (Å²) in [6, 6.07) is 21.7. The van der Waals surface area contributed by atoms with E-state index in [1.807, 2.05) is 12.1 Å². The SMILES string of the molecule is c1coc(C[NH2+]C2c3ccccc3-c3ccccc32)c1. The fraction of sp³-hybridized carbons (Fsp3) is 0.111. The maximum absolute atomic E-state index is 5.44. The zero-order valence-electron chi connectivity index (χ0n) is 11.1. The lowest BCUT2D eigenvalue weighted by atomic mass is 10.1. The lowest BCUT2D eigenvalue weighted by Crippen LogP contribution is -2.83. The fourth-order valence-electron chi connectivity index (χ4n) is 3.11. The van der Waals surface area contributed by atoms with Gasteiger partial charge in [-0.3, -0.25) is 0 Å². The smallest absolute Gasteiger partial charge is 0.157 e. The molecule has 1 aliphatic rings. The van der Waals surface area contributed by atoms with Gasteiger partial charge in [0.2, 0.25) is 0 Å². The second-order valence-corrected chi connectivity index (χ2v) is 5.17. The standard InChI is InChI=1S/C18H15NO/c1-3-9-16-14(7-1)15-8-2-4-10-17(15)18(16)19-12-13-6-5-11-20-13/h1-11,18-19H,12H2/p+1. The fourth-order valence-corrected chi connectivity index (χ4v) is 3.11. The van der Waals surface area contributed by atoms with E-state index in [0.717, 1.165) is 12.3 Å². The van der Waals surface area contributed by atoms with Gasteiger partial charge in [-0.2, -0.15) is 0 Å². The van der Waals surface area contributed by atoms with Crippen LogP contribution in [0.25, 0.3) is 11.1 Å². The lowest BCUT2D eigenvalue weighted by molar-refractivity contribution is -0.703. The Morgan fingerprint density at radius 3 is 2.05 bits per heavy atom. The van der Waals surface area contributed by atoms with Crippen LogP contribution in [0, 0.1) is 0 Å². The van der Waals surface area contributed by atoms with Gasteiger partial charge in [0.15, 0.2) is 5.76 Å². The van der Waals surface area contributed by atoms with Crippen molar-refractivity contribution < 1.29 is 9.73 Å². The molecule has 0 atom stereocenters. The summed E-state index contributed by atoms with van der Waals surface area (Å²) in [5, 5.41) is 2.35. The van der Waals surface area contributed by atoms with Crippen molar-refractivity contribution in [3.8, 4) is 11.1 Å². The van der Waals surface area contributed by atoms with Gasteiger partial charge in [0, 0.05) is 11.1 Å². The molecule has 3 aromatic rings. The van der Waals surface area contributed by atoms with Gasteiger partial charge in [-0.25, -0.2) is 0 Å². The maximum Gasteiger partial charge on any atom is 0.157 e.